The SMILES string of the molecule is C=CC(=O)N(C(C)C)C(C)C.C=CC(=O)N(CC(C)C)CC(C)C.C=CN(C(C)=O)c1ccccc1.C=CN(C)C(C)=O.C=Cc1ccc(C(=O)N(C)C)cc1.C=Cc1ccccc1C(=O)N(C)C. The molecule has 3 rings (SSSR count). The van der Waals surface area contributed by atoms with Crippen LogP contribution in [0, 0.1) is 11.8 Å². The zero-order valence-electron chi connectivity index (χ0n) is 44.6. The molecule has 0 saturated carbocycles. The molecule has 0 N–H and O–H groups in total. The number of para-hydroxylation sites is 1. The maximum Gasteiger partial charge on any atom is 0.253 e. The van der Waals surface area contributed by atoms with Gasteiger partial charge in [-0.25, -0.2) is 0 Å². The average molecular weight is 949 g/mol. The molecule has 69 heavy (non-hydrogen) atoms. The summed E-state index contributed by atoms with van der Waals surface area (Å²) in [6.07, 6.45) is 9.19. The van der Waals surface area contributed by atoms with Crippen LogP contribution in [0.15, 0.2) is 143 Å². The minimum Gasteiger partial charge on any atom is -0.345 e. The van der Waals surface area contributed by atoms with E-state index in [0.29, 0.717) is 23.0 Å². The standard InChI is InChI=1S/2C11H13NO.C11H21NO.C10H11NO.C9H17NO.C5H9NO/c1-4-9-5-7-10(8-6-9)11(13)12(2)3;1-4-9-7-5-6-8-10(9)11(13)12(2)3;1-6-11(13)12(7-9(2)3)8-10(4)5;1-3-11(9(2)12)10-7-5-4-6-8-10;1-6-9(11)10(7(2)3)8(4)5;1-4-6(3)5(2)7/h2*4-8H,1H2,2-3H3;6,9-10H,1,7-8H2,2-5H3;3-8H,1H2,2H3;6-8H,1H2,2-5H3;4H,1H2,2-3H3. The molecule has 378 valence electrons. The van der Waals surface area contributed by atoms with Gasteiger partial charge in [0.05, 0.1) is 0 Å². The highest BCUT2D eigenvalue weighted by atomic mass is 16.2. The number of hydrogen-bond donors (Lipinski definition) is 0. The maximum absolute atomic E-state index is 11.6. The molecule has 0 radical (unpaired) electrons. The molecule has 3 aromatic rings. The minimum absolute atomic E-state index is 0.00926. The molecule has 0 atom stereocenters. The fraction of sp³-hybridized carbons (Fsp3) is 0.368. The first kappa shape index (κ1) is 66.2. The summed E-state index contributed by atoms with van der Waals surface area (Å²) in [5, 5.41) is 0. The van der Waals surface area contributed by atoms with Crippen molar-refractivity contribution in [1.82, 2.24) is 24.5 Å². The number of carbonyl (C=O) groups is 6. The molecule has 0 bridgehead atoms. The van der Waals surface area contributed by atoms with Gasteiger partial charge in [-0.15, -0.1) is 0 Å². The van der Waals surface area contributed by atoms with Crippen molar-refractivity contribution in [3.63, 3.8) is 0 Å². The monoisotopic (exact) mass is 949 g/mol. The predicted octanol–water partition coefficient (Wildman–Crippen LogP) is 11.0. The Balaban J connectivity index is -0.000000764. The first-order chi connectivity index (χ1) is 32.2. The van der Waals surface area contributed by atoms with Crippen molar-refractivity contribution in [1.29, 1.82) is 0 Å². The molecule has 0 aliphatic carbocycles. The summed E-state index contributed by atoms with van der Waals surface area (Å²) in [6, 6.07) is 24.7. The van der Waals surface area contributed by atoms with E-state index < -0.39 is 0 Å². The lowest BCUT2D eigenvalue weighted by molar-refractivity contribution is -0.129. The number of carbonyl (C=O) groups excluding carboxylic acids is 6. The van der Waals surface area contributed by atoms with Gasteiger partial charge in [0.25, 0.3) is 11.8 Å². The highest BCUT2D eigenvalue weighted by Gasteiger charge is 2.17. The van der Waals surface area contributed by atoms with Gasteiger partial charge < -0.3 is 24.5 Å². The number of nitrogens with zero attached hydrogens (tertiary/aromatic N) is 6. The van der Waals surface area contributed by atoms with Crippen molar-refractivity contribution in [3.05, 3.63) is 165 Å². The van der Waals surface area contributed by atoms with Crippen LogP contribution in [0.3, 0.4) is 0 Å². The summed E-state index contributed by atoms with van der Waals surface area (Å²) in [4.78, 5) is 76.6. The summed E-state index contributed by atoms with van der Waals surface area (Å²) in [7, 11) is 8.62. The Morgan fingerprint density at radius 1 is 0.522 bits per heavy atom. The molecule has 12 heteroatoms. The third-order valence-electron chi connectivity index (χ3n) is 9.14. The van der Waals surface area contributed by atoms with Crippen LogP contribution in [-0.4, -0.2) is 120 Å². The van der Waals surface area contributed by atoms with Gasteiger partial charge in [0, 0.05) is 97.3 Å². The molecule has 0 spiro atoms. The molecule has 0 aromatic heterocycles. The summed E-state index contributed by atoms with van der Waals surface area (Å²) >= 11 is 0. The van der Waals surface area contributed by atoms with Crippen molar-refractivity contribution < 1.29 is 28.8 Å². The Morgan fingerprint density at radius 2 is 0.971 bits per heavy atom. The fourth-order valence-electron chi connectivity index (χ4n) is 5.74. The highest BCUT2D eigenvalue weighted by molar-refractivity contribution is 5.97. The van der Waals surface area contributed by atoms with Gasteiger partial charge in [0.1, 0.15) is 0 Å². The molecule has 0 fully saturated rings. The van der Waals surface area contributed by atoms with E-state index in [1.807, 2.05) is 93.3 Å². The van der Waals surface area contributed by atoms with Crippen molar-refractivity contribution in [3.8, 4) is 0 Å². The largest absolute Gasteiger partial charge is 0.345 e. The van der Waals surface area contributed by atoms with Gasteiger partial charge >= 0.3 is 0 Å². The normalized spacial score (nSPS) is 9.55. The Hall–Kier alpha value is -7.08. The predicted molar refractivity (Wildman–Crippen MR) is 291 cm³/mol. The molecular weight excluding hydrogens is 865 g/mol. The van der Waals surface area contributed by atoms with Crippen LogP contribution in [0.1, 0.15) is 101 Å². The summed E-state index contributed by atoms with van der Waals surface area (Å²) in [6.45, 7) is 42.3. The third kappa shape index (κ3) is 28.6. The third-order valence-corrected chi connectivity index (χ3v) is 9.14. The van der Waals surface area contributed by atoms with E-state index in [2.05, 4.69) is 67.2 Å². The summed E-state index contributed by atoms with van der Waals surface area (Å²) in [5.41, 5.74) is 4.15. The van der Waals surface area contributed by atoms with E-state index in [-0.39, 0.29) is 47.5 Å². The van der Waals surface area contributed by atoms with Gasteiger partial charge in [0.2, 0.25) is 23.6 Å². The van der Waals surface area contributed by atoms with Gasteiger partial charge in [0.15, 0.2) is 0 Å². The lowest BCUT2D eigenvalue weighted by Gasteiger charge is -2.29. The first-order valence-corrected chi connectivity index (χ1v) is 22.8. The van der Waals surface area contributed by atoms with Crippen molar-refractivity contribution in [2.75, 3.05) is 53.2 Å². The van der Waals surface area contributed by atoms with Crippen molar-refractivity contribution in [2.24, 2.45) is 11.8 Å². The minimum atomic E-state index is -0.0313. The second-order valence-electron chi connectivity index (χ2n) is 17.1. The molecule has 0 aliphatic heterocycles. The van der Waals surface area contributed by atoms with E-state index in [9.17, 15) is 28.8 Å². The Morgan fingerprint density at radius 3 is 1.28 bits per heavy atom. The Bertz CT molecular complexity index is 2050. The molecule has 12 nitrogen and oxygen atoms in total. The van der Waals surface area contributed by atoms with Crippen LogP contribution in [0.4, 0.5) is 5.69 Å². The average Bonchev–Trinajstić information content (AvgIpc) is 3.31. The van der Waals surface area contributed by atoms with E-state index in [0.717, 1.165) is 29.9 Å². The summed E-state index contributed by atoms with van der Waals surface area (Å²) < 4.78 is 0. The molecule has 3 aromatic carbocycles. The lowest BCUT2D eigenvalue weighted by Crippen LogP contribution is -2.40. The van der Waals surface area contributed by atoms with Gasteiger partial charge in [-0.1, -0.05) is 128 Å². The van der Waals surface area contributed by atoms with Crippen LogP contribution in [0.2, 0.25) is 0 Å². The smallest absolute Gasteiger partial charge is 0.253 e. The van der Waals surface area contributed by atoms with Gasteiger partial charge in [-0.3, -0.25) is 33.7 Å². The second-order valence-corrected chi connectivity index (χ2v) is 17.1. The topological polar surface area (TPSA) is 122 Å². The maximum atomic E-state index is 11.6. The van der Waals surface area contributed by atoms with Crippen LogP contribution >= 0.6 is 0 Å². The zero-order valence-corrected chi connectivity index (χ0v) is 44.6. The highest BCUT2D eigenvalue weighted by Crippen LogP contribution is 2.14. The number of rotatable bonds is 15. The molecule has 0 heterocycles. The second kappa shape index (κ2) is 37.0. The lowest BCUT2D eigenvalue weighted by atomic mass is 10.1. The number of anilines is 1. The van der Waals surface area contributed by atoms with Crippen LogP contribution in [-0.2, 0) is 19.2 Å². The first-order valence-electron chi connectivity index (χ1n) is 22.8. The van der Waals surface area contributed by atoms with Gasteiger partial charge in [-0.2, -0.15) is 0 Å². The van der Waals surface area contributed by atoms with E-state index in [1.165, 1.54) is 48.2 Å². The Labute approximate surface area is 416 Å². The number of hydrogen-bond acceptors (Lipinski definition) is 6. The molecule has 0 unspecified atom stereocenters. The fourth-order valence-corrected chi connectivity index (χ4v) is 5.74. The van der Waals surface area contributed by atoms with Crippen LogP contribution in [0.5, 0.6) is 0 Å². The Kier molecular flexibility index (Phi) is 35.5. The van der Waals surface area contributed by atoms with Crippen LogP contribution < -0.4 is 4.90 Å². The van der Waals surface area contributed by atoms with E-state index in [4.69, 9.17) is 0 Å². The van der Waals surface area contributed by atoms with Crippen molar-refractivity contribution >= 4 is 53.3 Å². The van der Waals surface area contributed by atoms with Gasteiger partial charge in [-0.05, 0) is 99.3 Å². The summed E-state index contributed by atoms with van der Waals surface area (Å²) in [5.74, 6) is 1.10. The molecule has 0 saturated heterocycles. The molecule has 6 amide bonds. The number of amides is 6. The van der Waals surface area contributed by atoms with Crippen molar-refractivity contribution in [2.45, 2.75) is 81.3 Å². The number of benzene rings is 3. The molecular formula is C57H84N6O6. The molecule has 0 aliphatic rings. The quantitative estimate of drug-likeness (QED) is 0.140. The zero-order chi connectivity index (χ0) is 54.0. The van der Waals surface area contributed by atoms with Crippen LogP contribution in [0.25, 0.3) is 12.2 Å². The van der Waals surface area contributed by atoms with E-state index in [1.54, 1.807) is 80.3 Å². The van der Waals surface area contributed by atoms with E-state index >= 15 is 0 Å².